The van der Waals surface area contributed by atoms with Gasteiger partial charge in [-0.1, -0.05) is 60.0 Å². The largest absolute Gasteiger partial charge is 0.310 e. The van der Waals surface area contributed by atoms with Crippen molar-refractivity contribution in [3.05, 3.63) is 77.4 Å². The minimum absolute atomic E-state index is 0.951. The molecule has 0 aliphatic carbocycles. The third kappa shape index (κ3) is 5.34. The Morgan fingerprint density at radius 1 is 0.920 bits per heavy atom. The van der Waals surface area contributed by atoms with E-state index in [0.717, 1.165) is 23.1 Å². The van der Waals surface area contributed by atoms with Crippen molar-refractivity contribution in [3.63, 3.8) is 0 Å². The molecule has 1 nitrogen and oxygen atoms in total. The van der Waals surface area contributed by atoms with Crippen LogP contribution in [-0.2, 0) is 0 Å². The van der Waals surface area contributed by atoms with E-state index in [4.69, 9.17) is 0 Å². The quantitative estimate of drug-likeness (QED) is 0.543. The van der Waals surface area contributed by atoms with E-state index < -0.39 is 0 Å². The molecule has 0 amide bonds. The smallest absolute Gasteiger partial charge is 0.141 e. The number of nitrogens with zero attached hydrogens (tertiary/aromatic N) is 1. The fourth-order valence-corrected chi connectivity index (χ4v) is 3.51. The Bertz CT molecular complexity index is 738. The molecule has 1 heterocycles. The van der Waals surface area contributed by atoms with E-state index in [2.05, 4.69) is 85.5 Å². The molecular formula is C24H28N+. The monoisotopic (exact) mass is 330 g/mol. The van der Waals surface area contributed by atoms with Gasteiger partial charge < -0.3 is 4.48 Å². The van der Waals surface area contributed by atoms with E-state index >= 15 is 0 Å². The molecule has 1 aliphatic heterocycles. The van der Waals surface area contributed by atoms with Gasteiger partial charge in [-0.3, -0.25) is 0 Å². The van der Waals surface area contributed by atoms with Crippen LogP contribution in [0.4, 0.5) is 0 Å². The standard InChI is InChI=1S/C24H28N/c1-22-14-16-24(17-15-22)13-9-21-25(18-6-3-7-19-25)20-8-12-23-10-4-2-5-11-23/h2,4-5,8,10-12,14-17H,3,6-7,18-21H2,1H3/q+1. The molecule has 1 aliphatic rings. The summed E-state index contributed by atoms with van der Waals surface area (Å²) in [5.41, 5.74) is 3.69. The minimum atomic E-state index is 0.951. The van der Waals surface area contributed by atoms with Crippen LogP contribution in [0, 0.1) is 18.8 Å². The van der Waals surface area contributed by atoms with Crippen molar-refractivity contribution in [2.24, 2.45) is 0 Å². The first-order valence-electron chi connectivity index (χ1n) is 9.38. The Morgan fingerprint density at radius 3 is 2.36 bits per heavy atom. The Morgan fingerprint density at radius 2 is 1.64 bits per heavy atom. The van der Waals surface area contributed by atoms with Crippen LogP contribution in [0.1, 0.15) is 36.0 Å². The average Bonchev–Trinajstić information content (AvgIpc) is 2.65. The predicted octanol–water partition coefficient (Wildman–Crippen LogP) is 5.06. The van der Waals surface area contributed by atoms with E-state index in [1.807, 2.05) is 0 Å². The highest BCUT2D eigenvalue weighted by Gasteiger charge is 2.27. The number of rotatable bonds is 4. The third-order valence-electron chi connectivity index (χ3n) is 5.07. The van der Waals surface area contributed by atoms with Crippen molar-refractivity contribution in [1.29, 1.82) is 0 Å². The van der Waals surface area contributed by atoms with Gasteiger partial charge in [0.05, 0.1) is 19.6 Å². The first-order chi connectivity index (χ1) is 12.3. The molecule has 0 atom stereocenters. The van der Waals surface area contributed by atoms with Gasteiger partial charge in [0, 0.05) is 5.56 Å². The molecule has 0 saturated carbocycles. The van der Waals surface area contributed by atoms with Gasteiger partial charge in [-0.25, -0.2) is 0 Å². The van der Waals surface area contributed by atoms with Crippen molar-refractivity contribution in [2.45, 2.75) is 26.2 Å². The summed E-state index contributed by atoms with van der Waals surface area (Å²) >= 11 is 0. The van der Waals surface area contributed by atoms with E-state index in [9.17, 15) is 0 Å². The van der Waals surface area contributed by atoms with Gasteiger partial charge in [0.25, 0.3) is 0 Å². The lowest BCUT2D eigenvalue weighted by atomic mass is 10.1. The second-order valence-electron chi connectivity index (χ2n) is 7.17. The van der Waals surface area contributed by atoms with Crippen molar-refractivity contribution in [1.82, 2.24) is 0 Å². The van der Waals surface area contributed by atoms with Gasteiger partial charge in [0.1, 0.15) is 6.54 Å². The van der Waals surface area contributed by atoms with E-state index in [-0.39, 0.29) is 0 Å². The number of hydrogen-bond acceptors (Lipinski definition) is 0. The molecule has 25 heavy (non-hydrogen) atoms. The normalized spacial score (nSPS) is 16.4. The molecule has 0 radical (unpaired) electrons. The third-order valence-corrected chi connectivity index (χ3v) is 5.07. The summed E-state index contributed by atoms with van der Waals surface area (Å²) < 4.78 is 1.11. The highest BCUT2D eigenvalue weighted by Crippen LogP contribution is 2.19. The second-order valence-corrected chi connectivity index (χ2v) is 7.17. The molecule has 1 heteroatoms. The van der Waals surface area contributed by atoms with Crippen LogP contribution >= 0.6 is 0 Å². The summed E-state index contributed by atoms with van der Waals surface area (Å²) in [4.78, 5) is 0. The first kappa shape index (κ1) is 17.5. The van der Waals surface area contributed by atoms with Crippen molar-refractivity contribution < 1.29 is 4.48 Å². The van der Waals surface area contributed by atoms with Gasteiger partial charge in [-0.05, 0) is 55.9 Å². The topological polar surface area (TPSA) is 0 Å². The number of piperidine rings is 1. The summed E-state index contributed by atoms with van der Waals surface area (Å²) in [5.74, 6) is 6.83. The van der Waals surface area contributed by atoms with Gasteiger partial charge in [-0.15, -0.1) is 0 Å². The zero-order valence-corrected chi connectivity index (χ0v) is 15.2. The van der Waals surface area contributed by atoms with Crippen LogP contribution in [0.2, 0.25) is 0 Å². The van der Waals surface area contributed by atoms with Crippen LogP contribution in [-0.4, -0.2) is 30.7 Å². The fraction of sp³-hybridized carbons (Fsp3) is 0.333. The van der Waals surface area contributed by atoms with Gasteiger partial charge in [-0.2, -0.15) is 0 Å². The lowest BCUT2D eigenvalue weighted by molar-refractivity contribution is -0.920. The number of quaternary nitrogens is 1. The molecule has 1 fully saturated rings. The second kappa shape index (κ2) is 8.70. The number of benzene rings is 2. The zero-order chi connectivity index (χ0) is 17.4. The van der Waals surface area contributed by atoms with Crippen molar-refractivity contribution in [2.75, 3.05) is 26.2 Å². The van der Waals surface area contributed by atoms with Crippen LogP contribution in [0.25, 0.3) is 6.08 Å². The molecule has 2 aromatic carbocycles. The molecule has 0 spiro atoms. The lowest BCUT2D eigenvalue weighted by Gasteiger charge is -2.39. The summed E-state index contributed by atoms with van der Waals surface area (Å²) in [6.45, 7) is 6.65. The van der Waals surface area contributed by atoms with E-state index in [0.29, 0.717) is 0 Å². The maximum atomic E-state index is 3.47. The van der Waals surface area contributed by atoms with Gasteiger partial charge in [0.15, 0.2) is 0 Å². The summed E-state index contributed by atoms with van der Waals surface area (Å²) in [5, 5.41) is 0. The Hall–Kier alpha value is -2.30. The molecule has 0 aromatic heterocycles. The molecular weight excluding hydrogens is 302 g/mol. The van der Waals surface area contributed by atoms with Crippen LogP contribution in [0.5, 0.6) is 0 Å². The molecule has 0 bridgehead atoms. The van der Waals surface area contributed by atoms with E-state index in [1.165, 1.54) is 43.5 Å². The fourth-order valence-electron chi connectivity index (χ4n) is 3.51. The van der Waals surface area contributed by atoms with Crippen LogP contribution in [0.3, 0.4) is 0 Å². The number of hydrogen-bond donors (Lipinski definition) is 0. The average molecular weight is 330 g/mol. The zero-order valence-electron chi connectivity index (χ0n) is 15.2. The number of aryl methyl sites for hydroxylation is 1. The molecule has 0 N–H and O–H groups in total. The van der Waals surface area contributed by atoms with Crippen molar-refractivity contribution in [3.8, 4) is 11.8 Å². The molecule has 1 saturated heterocycles. The molecule has 3 rings (SSSR count). The van der Waals surface area contributed by atoms with E-state index in [1.54, 1.807) is 0 Å². The highest BCUT2D eigenvalue weighted by molar-refractivity contribution is 5.48. The SMILES string of the molecule is Cc1ccc(C#CC[N+]2(CC=Cc3ccccc3)CCCCC2)cc1. The summed E-state index contributed by atoms with van der Waals surface area (Å²) in [6.07, 6.45) is 8.61. The Kier molecular flexibility index (Phi) is 6.09. The lowest BCUT2D eigenvalue weighted by Crippen LogP contribution is -2.51. The Labute approximate surface area is 152 Å². The summed E-state index contributed by atoms with van der Waals surface area (Å²) in [6, 6.07) is 19.1. The molecule has 2 aromatic rings. The van der Waals surface area contributed by atoms with Crippen LogP contribution in [0.15, 0.2) is 60.7 Å². The summed E-state index contributed by atoms with van der Waals surface area (Å²) in [7, 11) is 0. The van der Waals surface area contributed by atoms with Crippen LogP contribution < -0.4 is 0 Å². The minimum Gasteiger partial charge on any atom is -0.310 e. The van der Waals surface area contributed by atoms with Crippen molar-refractivity contribution >= 4 is 6.08 Å². The maximum Gasteiger partial charge on any atom is 0.141 e. The van der Waals surface area contributed by atoms with Gasteiger partial charge >= 0.3 is 0 Å². The number of likely N-dealkylation sites (tertiary alicyclic amines) is 1. The Balaban J connectivity index is 1.66. The van der Waals surface area contributed by atoms with Gasteiger partial charge in [0.2, 0.25) is 0 Å². The predicted molar refractivity (Wildman–Crippen MR) is 107 cm³/mol. The molecule has 128 valence electrons. The maximum absolute atomic E-state index is 3.47. The first-order valence-corrected chi connectivity index (χ1v) is 9.38. The highest BCUT2D eigenvalue weighted by atomic mass is 15.3. The molecule has 0 unspecified atom stereocenters.